The van der Waals surface area contributed by atoms with E-state index < -0.39 is 43.0 Å². The number of hydrogen-bond acceptors (Lipinski definition) is 10. The first-order chi connectivity index (χ1) is 17.3. The summed E-state index contributed by atoms with van der Waals surface area (Å²) in [7, 11) is 3.68. The van der Waals surface area contributed by atoms with Crippen molar-refractivity contribution in [3.63, 3.8) is 0 Å². The highest BCUT2D eigenvalue weighted by Gasteiger charge is 2.46. The molecule has 36 heavy (non-hydrogen) atoms. The number of carbonyl (C=O) groups excluding carboxylic acids is 1. The Balaban J connectivity index is 1.45. The van der Waals surface area contributed by atoms with E-state index in [1.165, 1.54) is 12.7 Å². The van der Waals surface area contributed by atoms with Gasteiger partial charge in [-0.1, -0.05) is 19.1 Å². The molecule has 0 radical (unpaired) electrons. The van der Waals surface area contributed by atoms with Gasteiger partial charge in [0.15, 0.2) is 23.2 Å². The Morgan fingerprint density at radius 3 is 2.69 bits per heavy atom. The van der Waals surface area contributed by atoms with E-state index in [-0.39, 0.29) is 0 Å². The number of aliphatic hydroxyl groups excluding tert-OH is 2. The number of anilines is 1. The third kappa shape index (κ3) is 5.26. The topological polar surface area (TPSA) is 161 Å². The highest BCUT2D eigenvalue weighted by molar-refractivity contribution is 5.83. The molecular weight excluding hydrogens is 466 g/mol. The molecule has 4 rings (SSSR count). The standard InChI is InChI=1S/C24H33N7O5/c1-4-9-35-15-7-5-14(6-8-15)10-16(25)23(34)29-18-17(11-32)36-24(20(18)33)31-13-28-19-21(30(2)3)26-12-27-22(19)31/h5-8,12-13,16-18,20,24,32-33H,4,9-11,25H2,1-3H3,(H,29,34)/t16-,17+,18?,20-,24+/m0/s1. The fourth-order valence-electron chi connectivity index (χ4n) is 4.22. The van der Waals surface area contributed by atoms with Crippen LogP contribution in [0.2, 0.25) is 0 Å². The van der Waals surface area contributed by atoms with Crippen LogP contribution in [-0.2, 0) is 16.0 Å². The van der Waals surface area contributed by atoms with Gasteiger partial charge in [0.1, 0.15) is 24.3 Å². The number of fused-ring (bicyclic) bond motifs is 1. The van der Waals surface area contributed by atoms with Gasteiger partial charge in [0, 0.05) is 14.1 Å². The molecule has 1 amide bonds. The number of rotatable bonds is 10. The fraction of sp³-hybridized carbons (Fsp3) is 0.500. The number of aliphatic hydroxyl groups is 2. The molecular formula is C24H33N7O5. The third-order valence-electron chi connectivity index (χ3n) is 6.09. The number of ether oxygens (including phenoxy) is 2. The summed E-state index contributed by atoms with van der Waals surface area (Å²) in [6.07, 6.45) is 1.18. The zero-order valence-corrected chi connectivity index (χ0v) is 20.6. The van der Waals surface area contributed by atoms with Crippen molar-refractivity contribution in [2.75, 3.05) is 32.2 Å². The first-order valence-electron chi connectivity index (χ1n) is 11.9. The van der Waals surface area contributed by atoms with Crippen LogP contribution in [0, 0.1) is 0 Å². The van der Waals surface area contributed by atoms with Crippen molar-refractivity contribution in [3.05, 3.63) is 42.5 Å². The summed E-state index contributed by atoms with van der Waals surface area (Å²) >= 11 is 0. The zero-order valence-electron chi connectivity index (χ0n) is 20.6. The van der Waals surface area contributed by atoms with Gasteiger partial charge >= 0.3 is 0 Å². The van der Waals surface area contributed by atoms with Gasteiger partial charge in [-0.25, -0.2) is 15.0 Å². The summed E-state index contributed by atoms with van der Waals surface area (Å²) in [5.41, 5.74) is 8.04. The van der Waals surface area contributed by atoms with E-state index in [4.69, 9.17) is 15.2 Å². The molecule has 0 spiro atoms. The largest absolute Gasteiger partial charge is 0.494 e. The van der Waals surface area contributed by atoms with Crippen LogP contribution in [0.15, 0.2) is 36.9 Å². The Kier molecular flexibility index (Phi) is 7.99. The predicted molar refractivity (Wildman–Crippen MR) is 132 cm³/mol. The summed E-state index contributed by atoms with van der Waals surface area (Å²) in [5.74, 6) is 0.920. The number of hydrogen-bond donors (Lipinski definition) is 4. The van der Waals surface area contributed by atoms with Crippen molar-refractivity contribution in [2.45, 2.75) is 50.3 Å². The number of imidazole rings is 1. The molecule has 3 aromatic rings. The van der Waals surface area contributed by atoms with Gasteiger partial charge in [-0.05, 0) is 30.5 Å². The molecule has 0 saturated carbocycles. The van der Waals surface area contributed by atoms with Crippen molar-refractivity contribution < 1.29 is 24.5 Å². The van der Waals surface area contributed by atoms with Crippen LogP contribution in [0.5, 0.6) is 5.75 Å². The monoisotopic (exact) mass is 499 g/mol. The molecule has 0 aliphatic carbocycles. The predicted octanol–water partition coefficient (Wildman–Crippen LogP) is -0.0135. The van der Waals surface area contributed by atoms with Gasteiger partial charge < -0.3 is 35.6 Å². The first kappa shape index (κ1) is 25.8. The van der Waals surface area contributed by atoms with Gasteiger partial charge in [0.05, 0.1) is 31.6 Å². The van der Waals surface area contributed by atoms with E-state index in [0.29, 0.717) is 30.0 Å². The summed E-state index contributed by atoms with van der Waals surface area (Å²) in [5, 5.41) is 23.7. The summed E-state index contributed by atoms with van der Waals surface area (Å²) < 4.78 is 13.1. The Hall–Kier alpha value is -3.32. The molecule has 0 bridgehead atoms. The van der Waals surface area contributed by atoms with Gasteiger partial charge in [-0.2, -0.15) is 0 Å². The molecule has 1 unspecified atom stereocenters. The third-order valence-corrected chi connectivity index (χ3v) is 6.09. The minimum absolute atomic E-state index is 0.299. The Labute approximate surface area is 209 Å². The van der Waals surface area contributed by atoms with Crippen LogP contribution < -0.4 is 20.7 Å². The lowest BCUT2D eigenvalue weighted by Crippen LogP contribution is -2.53. The van der Waals surface area contributed by atoms with E-state index in [1.54, 1.807) is 9.47 Å². The molecule has 5 atom stereocenters. The van der Waals surface area contributed by atoms with Crippen molar-refractivity contribution in [3.8, 4) is 5.75 Å². The average Bonchev–Trinajstić information content (AvgIpc) is 3.44. The lowest BCUT2D eigenvalue weighted by atomic mass is 10.0. The maximum absolute atomic E-state index is 12.9. The second-order valence-electron chi connectivity index (χ2n) is 8.99. The maximum atomic E-state index is 12.9. The fourth-order valence-corrected chi connectivity index (χ4v) is 4.22. The Morgan fingerprint density at radius 2 is 2.03 bits per heavy atom. The molecule has 1 fully saturated rings. The maximum Gasteiger partial charge on any atom is 0.237 e. The average molecular weight is 500 g/mol. The van der Waals surface area contributed by atoms with Crippen LogP contribution in [0.4, 0.5) is 5.82 Å². The van der Waals surface area contributed by atoms with Crippen LogP contribution in [0.1, 0.15) is 25.1 Å². The van der Waals surface area contributed by atoms with Gasteiger partial charge in [0.2, 0.25) is 5.91 Å². The second-order valence-corrected chi connectivity index (χ2v) is 8.99. The SMILES string of the molecule is CCCOc1ccc(C[C@H](N)C(=O)NC2[C@@H](CO)O[C@@H](n3cnc4c(N(C)C)ncnc43)[C@H]2O)cc1. The first-order valence-corrected chi connectivity index (χ1v) is 11.9. The summed E-state index contributed by atoms with van der Waals surface area (Å²) in [6, 6.07) is 5.69. The van der Waals surface area contributed by atoms with E-state index in [9.17, 15) is 15.0 Å². The zero-order chi connectivity index (χ0) is 25.8. The number of nitrogens with two attached hydrogens (primary N) is 1. The molecule has 1 aliphatic rings. The Morgan fingerprint density at radius 1 is 1.28 bits per heavy atom. The number of benzene rings is 1. The number of nitrogens with zero attached hydrogens (tertiary/aromatic N) is 5. The van der Waals surface area contributed by atoms with Crippen molar-refractivity contribution >= 4 is 22.9 Å². The normalized spacial score (nSPS) is 22.5. The van der Waals surface area contributed by atoms with Gasteiger partial charge in [0.25, 0.3) is 0 Å². The lowest BCUT2D eigenvalue weighted by molar-refractivity contribution is -0.124. The van der Waals surface area contributed by atoms with E-state index in [0.717, 1.165) is 17.7 Å². The van der Waals surface area contributed by atoms with E-state index in [2.05, 4.69) is 20.3 Å². The van der Waals surface area contributed by atoms with Crippen LogP contribution in [0.3, 0.4) is 0 Å². The van der Waals surface area contributed by atoms with Crippen LogP contribution >= 0.6 is 0 Å². The number of amides is 1. The number of aromatic nitrogens is 4. The molecule has 1 aromatic carbocycles. The summed E-state index contributed by atoms with van der Waals surface area (Å²) in [6.45, 7) is 2.27. The van der Waals surface area contributed by atoms with E-state index >= 15 is 0 Å². The lowest BCUT2D eigenvalue weighted by Gasteiger charge is -2.23. The molecule has 5 N–H and O–H groups in total. The van der Waals surface area contributed by atoms with Crippen molar-refractivity contribution in [2.24, 2.45) is 5.73 Å². The quantitative estimate of drug-likeness (QED) is 0.298. The van der Waals surface area contributed by atoms with Crippen LogP contribution in [0.25, 0.3) is 11.2 Å². The van der Waals surface area contributed by atoms with Crippen LogP contribution in [-0.4, -0.2) is 87.2 Å². The molecule has 1 saturated heterocycles. The molecule has 3 heterocycles. The minimum atomic E-state index is -1.18. The number of carbonyl (C=O) groups is 1. The highest BCUT2D eigenvalue weighted by atomic mass is 16.5. The smallest absolute Gasteiger partial charge is 0.237 e. The molecule has 2 aromatic heterocycles. The van der Waals surface area contributed by atoms with Crippen molar-refractivity contribution in [1.29, 1.82) is 0 Å². The molecule has 12 nitrogen and oxygen atoms in total. The van der Waals surface area contributed by atoms with Crippen molar-refractivity contribution in [1.82, 2.24) is 24.8 Å². The minimum Gasteiger partial charge on any atom is -0.494 e. The number of nitrogens with one attached hydrogen (secondary N) is 1. The molecule has 12 heteroatoms. The molecule has 1 aliphatic heterocycles. The summed E-state index contributed by atoms with van der Waals surface area (Å²) in [4.78, 5) is 27.6. The second kappa shape index (κ2) is 11.2. The Bertz CT molecular complexity index is 1170. The van der Waals surface area contributed by atoms with Gasteiger partial charge in [-0.15, -0.1) is 0 Å². The molecule has 194 valence electrons. The van der Waals surface area contributed by atoms with Gasteiger partial charge in [-0.3, -0.25) is 9.36 Å². The van der Waals surface area contributed by atoms with E-state index in [1.807, 2.05) is 45.3 Å². The highest BCUT2D eigenvalue weighted by Crippen LogP contribution is 2.32.